The van der Waals surface area contributed by atoms with E-state index in [9.17, 15) is 5.11 Å². The van der Waals surface area contributed by atoms with Gasteiger partial charge in [-0.1, -0.05) is 66.6 Å². The molecule has 1 nitrogen and oxygen atoms in total. The molecule has 0 spiro atoms. The summed E-state index contributed by atoms with van der Waals surface area (Å²) in [5.41, 5.74) is 1.90. The second kappa shape index (κ2) is 4.99. The van der Waals surface area contributed by atoms with E-state index >= 15 is 0 Å². The van der Waals surface area contributed by atoms with Gasteiger partial charge >= 0.3 is 0 Å². The van der Waals surface area contributed by atoms with Crippen molar-refractivity contribution in [2.75, 3.05) is 0 Å². The fourth-order valence-corrected chi connectivity index (χ4v) is 3.28. The van der Waals surface area contributed by atoms with Gasteiger partial charge in [0.05, 0.1) is 6.10 Å². The Bertz CT molecular complexity index is 560. The lowest BCUT2D eigenvalue weighted by molar-refractivity contribution is 0.0269. The van der Waals surface area contributed by atoms with Gasteiger partial charge in [0.25, 0.3) is 0 Å². The Labute approximate surface area is 118 Å². The number of hydrogen-bond acceptors (Lipinski definition) is 1. The minimum Gasteiger partial charge on any atom is -0.387 e. The maximum absolute atomic E-state index is 10.8. The van der Waals surface area contributed by atoms with E-state index in [-0.39, 0.29) is 5.41 Å². The van der Waals surface area contributed by atoms with Crippen molar-refractivity contribution in [2.45, 2.75) is 30.8 Å². The van der Waals surface area contributed by atoms with Crippen LogP contribution in [0.1, 0.15) is 36.5 Å². The maximum atomic E-state index is 10.8. The molecule has 1 aliphatic carbocycles. The molecule has 98 valence electrons. The van der Waals surface area contributed by atoms with Gasteiger partial charge < -0.3 is 5.11 Å². The second-order valence-electron chi connectivity index (χ2n) is 5.30. The van der Waals surface area contributed by atoms with Crippen molar-refractivity contribution >= 4 is 11.6 Å². The van der Waals surface area contributed by atoms with Crippen molar-refractivity contribution in [2.24, 2.45) is 0 Å². The largest absolute Gasteiger partial charge is 0.387 e. The predicted molar refractivity (Wildman–Crippen MR) is 78.4 cm³/mol. The summed E-state index contributed by atoms with van der Waals surface area (Å²) >= 11 is 6.23. The molecule has 0 radical (unpaired) electrons. The Morgan fingerprint density at radius 1 is 0.947 bits per heavy atom. The average molecular weight is 273 g/mol. The highest BCUT2D eigenvalue weighted by molar-refractivity contribution is 6.31. The Morgan fingerprint density at radius 2 is 1.58 bits per heavy atom. The highest BCUT2D eigenvalue weighted by atomic mass is 35.5. The first-order valence-corrected chi connectivity index (χ1v) is 7.10. The molecule has 1 aliphatic rings. The molecule has 0 aliphatic heterocycles. The molecule has 2 aromatic rings. The summed E-state index contributed by atoms with van der Waals surface area (Å²) < 4.78 is 0. The molecular formula is C17H17ClO. The molecule has 0 heterocycles. The summed E-state index contributed by atoms with van der Waals surface area (Å²) in [7, 11) is 0. The lowest BCUT2D eigenvalue weighted by Gasteiger charge is -2.46. The van der Waals surface area contributed by atoms with E-state index in [2.05, 4.69) is 12.1 Å². The van der Waals surface area contributed by atoms with Crippen LogP contribution in [0.3, 0.4) is 0 Å². The van der Waals surface area contributed by atoms with E-state index in [0.29, 0.717) is 5.02 Å². The standard InChI is InChI=1S/C17H17ClO/c18-15-10-5-4-9-14(15)16(19)17(11-6-12-17)13-7-2-1-3-8-13/h1-5,7-10,16,19H,6,11-12H2. The van der Waals surface area contributed by atoms with Gasteiger partial charge in [-0.25, -0.2) is 0 Å². The van der Waals surface area contributed by atoms with Crippen LogP contribution in [-0.2, 0) is 5.41 Å². The number of halogens is 1. The van der Waals surface area contributed by atoms with Crippen molar-refractivity contribution in [1.29, 1.82) is 0 Å². The smallest absolute Gasteiger partial charge is 0.0900 e. The maximum Gasteiger partial charge on any atom is 0.0900 e. The van der Waals surface area contributed by atoms with Crippen LogP contribution in [0.15, 0.2) is 54.6 Å². The molecule has 1 unspecified atom stereocenters. The SMILES string of the molecule is OC(c1ccccc1Cl)C1(c2ccccc2)CCC1. The van der Waals surface area contributed by atoms with Gasteiger partial charge in [0.1, 0.15) is 0 Å². The number of benzene rings is 2. The van der Waals surface area contributed by atoms with Crippen LogP contribution in [0.4, 0.5) is 0 Å². The third-order valence-electron chi connectivity index (χ3n) is 4.32. The molecular weight excluding hydrogens is 256 g/mol. The van der Waals surface area contributed by atoms with E-state index in [1.807, 2.05) is 42.5 Å². The summed E-state index contributed by atoms with van der Waals surface area (Å²) in [6, 6.07) is 17.9. The van der Waals surface area contributed by atoms with Gasteiger partial charge in [-0.2, -0.15) is 0 Å². The van der Waals surface area contributed by atoms with E-state index in [1.165, 1.54) is 5.56 Å². The molecule has 1 fully saturated rings. The Morgan fingerprint density at radius 3 is 2.16 bits per heavy atom. The Balaban J connectivity index is 2.02. The zero-order valence-electron chi connectivity index (χ0n) is 10.7. The second-order valence-corrected chi connectivity index (χ2v) is 5.71. The van der Waals surface area contributed by atoms with Crippen LogP contribution in [-0.4, -0.2) is 5.11 Å². The highest BCUT2D eigenvalue weighted by Gasteiger charge is 2.45. The third kappa shape index (κ3) is 2.07. The molecule has 0 amide bonds. The molecule has 2 aromatic carbocycles. The molecule has 19 heavy (non-hydrogen) atoms. The molecule has 0 bridgehead atoms. The van der Waals surface area contributed by atoms with Crippen molar-refractivity contribution < 1.29 is 5.11 Å². The first-order valence-electron chi connectivity index (χ1n) is 6.72. The quantitative estimate of drug-likeness (QED) is 0.872. The summed E-state index contributed by atoms with van der Waals surface area (Å²) in [5, 5.41) is 11.5. The zero-order chi connectivity index (χ0) is 13.3. The first kappa shape index (κ1) is 12.7. The van der Waals surface area contributed by atoms with Crippen LogP contribution in [0.5, 0.6) is 0 Å². The van der Waals surface area contributed by atoms with Gasteiger partial charge in [-0.05, 0) is 30.0 Å². The Kier molecular flexibility index (Phi) is 3.34. The van der Waals surface area contributed by atoms with Gasteiger partial charge in [-0.15, -0.1) is 0 Å². The molecule has 3 rings (SSSR count). The monoisotopic (exact) mass is 272 g/mol. The van der Waals surface area contributed by atoms with Crippen molar-refractivity contribution in [3.05, 3.63) is 70.7 Å². The summed E-state index contributed by atoms with van der Waals surface area (Å²) in [5.74, 6) is 0. The van der Waals surface area contributed by atoms with Gasteiger partial charge in [0, 0.05) is 10.4 Å². The normalized spacial score (nSPS) is 18.6. The van der Waals surface area contributed by atoms with Crippen molar-refractivity contribution in [1.82, 2.24) is 0 Å². The molecule has 1 N–H and O–H groups in total. The lowest BCUT2D eigenvalue weighted by Crippen LogP contribution is -2.40. The molecule has 0 saturated heterocycles. The van der Waals surface area contributed by atoms with E-state index in [0.717, 1.165) is 24.8 Å². The average Bonchev–Trinajstić information content (AvgIpc) is 2.39. The number of aliphatic hydroxyl groups excluding tert-OH is 1. The van der Waals surface area contributed by atoms with E-state index in [4.69, 9.17) is 11.6 Å². The van der Waals surface area contributed by atoms with Crippen LogP contribution < -0.4 is 0 Å². The topological polar surface area (TPSA) is 20.2 Å². The zero-order valence-corrected chi connectivity index (χ0v) is 11.5. The molecule has 2 heteroatoms. The lowest BCUT2D eigenvalue weighted by atomic mass is 9.60. The van der Waals surface area contributed by atoms with Crippen LogP contribution in [0, 0.1) is 0 Å². The fraction of sp³-hybridized carbons (Fsp3) is 0.294. The minimum atomic E-state index is -0.530. The molecule has 1 atom stereocenters. The number of hydrogen-bond donors (Lipinski definition) is 1. The fourth-order valence-electron chi connectivity index (χ4n) is 3.04. The minimum absolute atomic E-state index is 0.160. The summed E-state index contributed by atoms with van der Waals surface area (Å²) in [6.07, 6.45) is 2.67. The Hall–Kier alpha value is -1.31. The summed E-state index contributed by atoms with van der Waals surface area (Å²) in [4.78, 5) is 0. The van der Waals surface area contributed by atoms with Gasteiger partial charge in [-0.3, -0.25) is 0 Å². The highest BCUT2D eigenvalue weighted by Crippen LogP contribution is 2.52. The van der Waals surface area contributed by atoms with E-state index in [1.54, 1.807) is 0 Å². The van der Waals surface area contributed by atoms with Crippen molar-refractivity contribution in [3.8, 4) is 0 Å². The van der Waals surface area contributed by atoms with Crippen molar-refractivity contribution in [3.63, 3.8) is 0 Å². The van der Waals surface area contributed by atoms with Crippen LogP contribution >= 0.6 is 11.6 Å². The molecule has 0 aromatic heterocycles. The molecule has 1 saturated carbocycles. The number of rotatable bonds is 3. The summed E-state index contributed by atoms with van der Waals surface area (Å²) in [6.45, 7) is 0. The predicted octanol–water partition coefficient (Wildman–Crippen LogP) is 4.50. The van der Waals surface area contributed by atoms with Crippen LogP contribution in [0.25, 0.3) is 0 Å². The van der Waals surface area contributed by atoms with E-state index < -0.39 is 6.10 Å². The van der Waals surface area contributed by atoms with Crippen LogP contribution in [0.2, 0.25) is 5.02 Å². The first-order chi connectivity index (χ1) is 9.24. The number of aliphatic hydroxyl groups is 1. The van der Waals surface area contributed by atoms with Gasteiger partial charge in [0.15, 0.2) is 0 Å². The third-order valence-corrected chi connectivity index (χ3v) is 4.66. The van der Waals surface area contributed by atoms with Gasteiger partial charge in [0.2, 0.25) is 0 Å².